The molecule has 0 aliphatic heterocycles. The van der Waals surface area contributed by atoms with Crippen molar-refractivity contribution in [3.05, 3.63) is 223 Å². The SMILES string of the molecule is C1=C(c2ccc3c(c2)c2ccccc2n3-c2ccc(-c3ccccc3)cc2)c2c(c3ccccc3n2-c2cc(-c3ccccc3)cc(-c3ccccc3)c2)CCC1. The van der Waals surface area contributed by atoms with Crippen molar-refractivity contribution in [3.63, 3.8) is 0 Å². The molecule has 2 nitrogen and oxygen atoms in total. The average Bonchev–Trinajstić information content (AvgIpc) is 3.70. The molecule has 2 heterocycles. The molecule has 0 N–H and O–H groups in total. The Morgan fingerprint density at radius 1 is 0.333 bits per heavy atom. The molecule has 0 spiro atoms. The van der Waals surface area contributed by atoms with Crippen LogP contribution in [-0.4, -0.2) is 9.13 Å². The summed E-state index contributed by atoms with van der Waals surface area (Å²) in [5.74, 6) is 0. The standard InChI is InChI=1S/C55H40N2/c1-4-16-38(17-5-1)41-28-31-45(32-29-41)56-52-26-14-13-24-49(52)51-37-42(30-33-54(51)56)47-22-10-11-25-50-48-23-12-15-27-53(48)57(55(47)50)46-35-43(39-18-6-2-7-19-39)34-44(36-46)40-20-8-3-9-21-40/h1-9,12-24,26-37H,10-11,25H2. The van der Waals surface area contributed by atoms with E-state index in [2.05, 4.69) is 215 Å². The van der Waals surface area contributed by atoms with Gasteiger partial charge in [-0.3, -0.25) is 0 Å². The zero-order valence-electron chi connectivity index (χ0n) is 31.6. The minimum absolute atomic E-state index is 1.03. The van der Waals surface area contributed by atoms with Gasteiger partial charge in [-0.1, -0.05) is 152 Å². The van der Waals surface area contributed by atoms with Gasteiger partial charge in [0.2, 0.25) is 0 Å². The lowest BCUT2D eigenvalue weighted by atomic mass is 9.96. The number of aromatic nitrogens is 2. The van der Waals surface area contributed by atoms with Gasteiger partial charge >= 0.3 is 0 Å². The molecule has 0 unspecified atom stereocenters. The molecule has 2 heteroatoms. The Labute approximate surface area is 333 Å². The topological polar surface area (TPSA) is 9.86 Å². The Hall–Kier alpha value is -7.16. The molecule has 0 radical (unpaired) electrons. The maximum Gasteiger partial charge on any atom is 0.0575 e. The van der Waals surface area contributed by atoms with Crippen LogP contribution in [0.3, 0.4) is 0 Å². The largest absolute Gasteiger partial charge is 0.309 e. The van der Waals surface area contributed by atoms with E-state index in [1.165, 1.54) is 94.2 Å². The maximum absolute atomic E-state index is 2.56. The van der Waals surface area contributed by atoms with Gasteiger partial charge in [-0.15, -0.1) is 0 Å². The molecule has 1 aliphatic carbocycles. The van der Waals surface area contributed by atoms with E-state index in [0.717, 1.165) is 24.9 Å². The molecule has 8 aromatic carbocycles. The first-order valence-corrected chi connectivity index (χ1v) is 20.1. The van der Waals surface area contributed by atoms with Gasteiger partial charge < -0.3 is 9.13 Å². The van der Waals surface area contributed by atoms with E-state index in [1.807, 2.05) is 0 Å². The normalized spacial score (nSPS) is 12.8. The lowest BCUT2D eigenvalue weighted by Gasteiger charge is -2.18. The second kappa shape index (κ2) is 13.8. The molecule has 10 aromatic rings. The van der Waals surface area contributed by atoms with Crippen molar-refractivity contribution in [2.75, 3.05) is 0 Å². The first-order valence-electron chi connectivity index (χ1n) is 20.1. The third-order valence-corrected chi connectivity index (χ3v) is 11.8. The summed E-state index contributed by atoms with van der Waals surface area (Å²) < 4.78 is 4.98. The molecule has 57 heavy (non-hydrogen) atoms. The van der Waals surface area contributed by atoms with E-state index >= 15 is 0 Å². The fraction of sp³-hybridized carbons (Fsp3) is 0.0545. The van der Waals surface area contributed by atoms with Gasteiger partial charge in [0.25, 0.3) is 0 Å². The smallest absolute Gasteiger partial charge is 0.0575 e. The highest BCUT2D eigenvalue weighted by Gasteiger charge is 2.25. The van der Waals surface area contributed by atoms with Crippen molar-refractivity contribution in [3.8, 4) is 44.8 Å². The van der Waals surface area contributed by atoms with E-state index < -0.39 is 0 Å². The maximum atomic E-state index is 2.56. The van der Waals surface area contributed by atoms with Crippen LogP contribution < -0.4 is 0 Å². The summed E-state index contributed by atoms with van der Waals surface area (Å²) in [4.78, 5) is 0. The summed E-state index contributed by atoms with van der Waals surface area (Å²) in [5, 5.41) is 3.87. The van der Waals surface area contributed by atoms with Crippen molar-refractivity contribution in [2.45, 2.75) is 19.3 Å². The third-order valence-electron chi connectivity index (χ3n) is 11.8. The first-order chi connectivity index (χ1) is 28.3. The lowest BCUT2D eigenvalue weighted by molar-refractivity contribution is 0.854. The van der Waals surface area contributed by atoms with Crippen molar-refractivity contribution < 1.29 is 0 Å². The second-order valence-electron chi connectivity index (χ2n) is 15.2. The summed E-state index contributed by atoms with van der Waals surface area (Å²) in [6, 6.07) is 73.4. The number of allylic oxidation sites excluding steroid dienone is 1. The van der Waals surface area contributed by atoms with E-state index in [0.29, 0.717) is 0 Å². The summed E-state index contributed by atoms with van der Waals surface area (Å²) in [6.07, 6.45) is 5.69. The van der Waals surface area contributed by atoms with Crippen LogP contribution in [-0.2, 0) is 6.42 Å². The molecule has 0 bridgehead atoms. The number of hydrogen-bond acceptors (Lipinski definition) is 0. The predicted octanol–water partition coefficient (Wildman–Crippen LogP) is 14.5. The van der Waals surface area contributed by atoms with E-state index in [4.69, 9.17) is 0 Å². The van der Waals surface area contributed by atoms with Crippen LogP contribution in [0.5, 0.6) is 0 Å². The van der Waals surface area contributed by atoms with Crippen molar-refractivity contribution in [1.29, 1.82) is 0 Å². The van der Waals surface area contributed by atoms with E-state index in [-0.39, 0.29) is 0 Å². The first kappa shape index (κ1) is 33.2. The van der Waals surface area contributed by atoms with Gasteiger partial charge in [0, 0.05) is 33.1 Å². The Kier molecular flexibility index (Phi) is 8.07. The number of fused-ring (bicyclic) bond motifs is 6. The van der Waals surface area contributed by atoms with Crippen LogP contribution in [0.25, 0.3) is 83.0 Å². The highest BCUT2D eigenvalue weighted by molar-refractivity contribution is 6.10. The van der Waals surface area contributed by atoms with Crippen LogP contribution in [0.1, 0.15) is 29.7 Å². The fourth-order valence-corrected chi connectivity index (χ4v) is 9.17. The average molecular weight is 729 g/mol. The number of rotatable bonds is 6. The van der Waals surface area contributed by atoms with Gasteiger partial charge in [-0.25, -0.2) is 0 Å². The number of aryl methyl sites for hydroxylation is 1. The molecular formula is C55H40N2. The number of hydrogen-bond donors (Lipinski definition) is 0. The molecule has 0 saturated carbocycles. The Bertz CT molecular complexity index is 3050. The minimum Gasteiger partial charge on any atom is -0.309 e. The molecule has 11 rings (SSSR count). The number of benzene rings is 8. The van der Waals surface area contributed by atoms with Crippen molar-refractivity contribution >= 4 is 38.3 Å². The summed E-state index contributed by atoms with van der Waals surface area (Å²) in [7, 11) is 0. The van der Waals surface area contributed by atoms with Crippen molar-refractivity contribution in [2.24, 2.45) is 0 Å². The Morgan fingerprint density at radius 2 is 0.842 bits per heavy atom. The van der Waals surface area contributed by atoms with Crippen LogP contribution in [0, 0.1) is 0 Å². The van der Waals surface area contributed by atoms with Gasteiger partial charge in [-0.05, 0) is 118 Å². The zero-order valence-corrected chi connectivity index (χ0v) is 31.6. The molecule has 2 aromatic heterocycles. The third kappa shape index (κ3) is 5.72. The Balaban J connectivity index is 1.11. The number of nitrogens with zero attached hydrogens (tertiary/aromatic N) is 2. The second-order valence-corrected chi connectivity index (χ2v) is 15.2. The van der Waals surface area contributed by atoms with Crippen LogP contribution >= 0.6 is 0 Å². The van der Waals surface area contributed by atoms with Crippen molar-refractivity contribution in [1.82, 2.24) is 9.13 Å². The molecule has 270 valence electrons. The van der Waals surface area contributed by atoms with Gasteiger partial charge in [0.15, 0.2) is 0 Å². The Morgan fingerprint density at radius 3 is 1.49 bits per heavy atom. The molecule has 0 atom stereocenters. The van der Waals surface area contributed by atoms with E-state index in [1.54, 1.807) is 0 Å². The van der Waals surface area contributed by atoms with Crippen LogP contribution in [0.2, 0.25) is 0 Å². The monoisotopic (exact) mass is 728 g/mol. The number of para-hydroxylation sites is 2. The summed E-state index contributed by atoms with van der Waals surface area (Å²) >= 11 is 0. The molecule has 0 fully saturated rings. The molecule has 0 amide bonds. The minimum atomic E-state index is 1.03. The molecule has 0 saturated heterocycles. The zero-order chi connectivity index (χ0) is 37.7. The molecular weight excluding hydrogens is 689 g/mol. The lowest BCUT2D eigenvalue weighted by Crippen LogP contribution is -2.03. The predicted molar refractivity (Wildman–Crippen MR) is 240 cm³/mol. The van der Waals surface area contributed by atoms with Crippen LogP contribution in [0.4, 0.5) is 0 Å². The quantitative estimate of drug-likeness (QED) is 0.161. The summed E-state index contributed by atoms with van der Waals surface area (Å²) in [5.41, 5.74) is 18.6. The van der Waals surface area contributed by atoms with E-state index in [9.17, 15) is 0 Å². The van der Waals surface area contributed by atoms with Gasteiger partial charge in [0.1, 0.15) is 0 Å². The fourth-order valence-electron chi connectivity index (χ4n) is 9.17. The van der Waals surface area contributed by atoms with Crippen LogP contribution in [0.15, 0.2) is 206 Å². The highest BCUT2D eigenvalue weighted by atomic mass is 15.0. The summed E-state index contributed by atoms with van der Waals surface area (Å²) in [6.45, 7) is 0. The molecule has 1 aliphatic rings. The highest BCUT2D eigenvalue weighted by Crippen LogP contribution is 2.43. The van der Waals surface area contributed by atoms with Gasteiger partial charge in [0.05, 0.1) is 22.2 Å². The van der Waals surface area contributed by atoms with Gasteiger partial charge in [-0.2, -0.15) is 0 Å².